The first kappa shape index (κ1) is 8.87. The van der Waals surface area contributed by atoms with Gasteiger partial charge in [-0.3, -0.25) is 4.90 Å². The van der Waals surface area contributed by atoms with E-state index in [0.29, 0.717) is 13.0 Å². The molecule has 1 unspecified atom stereocenters. The second-order valence-electron chi connectivity index (χ2n) is 3.71. The van der Waals surface area contributed by atoms with Gasteiger partial charge in [-0.1, -0.05) is 0 Å². The van der Waals surface area contributed by atoms with Gasteiger partial charge in [-0.15, -0.1) is 0 Å². The third kappa shape index (κ3) is 0.879. The first-order valence-corrected chi connectivity index (χ1v) is 4.37. The van der Waals surface area contributed by atoms with Crippen LogP contribution in [0.15, 0.2) is 0 Å². The van der Waals surface area contributed by atoms with Gasteiger partial charge in [-0.25, -0.2) is 13.6 Å². The van der Waals surface area contributed by atoms with Crippen molar-refractivity contribution in [2.45, 2.75) is 30.7 Å². The van der Waals surface area contributed by atoms with Crippen LogP contribution < -0.4 is 0 Å². The number of fused-ring (bicyclic) bond motifs is 1. The van der Waals surface area contributed by atoms with Crippen LogP contribution in [0.25, 0.3) is 0 Å². The average Bonchev–Trinajstić information content (AvgIpc) is 2.52. The summed E-state index contributed by atoms with van der Waals surface area (Å²) in [6.07, 6.45) is 0.316. The SMILES string of the molecule is O=C(O)C12CCCN1CCC2(F)F. The van der Waals surface area contributed by atoms with E-state index >= 15 is 0 Å². The fourth-order valence-corrected chi connectivity index (χ4v) is 2.47. The summed E-state index contributed by atoms with van der Waals surface area (Å²) >= 11 is 0. The molecule has 0 saturated carbocycles. The molecule has 5 heteroatoms. The number of aliphatic carboxylic acids is 1. The minimum atomic E-state index is -3.06. The number of carboxylic acid groups (broad SMARTS) is 1. The third-order valence-electron chi connectivity index (χ3n) is 3.16. The summed E-state index contributed by atoms with van der Waals surface area (Å²) in [5, 5.41) is 8.89. The molecule has 1 atom stereocenters. The van der Waals surface area contributed by atoms with E-state index in [0.717, 1.165) is 0 Å². The van der Waals surface area contributed by atoms with Crippen LogP contribution >= 0.6 is 0 Å². The summed E-state index contributed by atoms with van der Waals surface area (Å²) in [5.74, 6) is -4.43. The van der Waals surface area contributed by atoms with E-state index in [4.69, 9.17) is 5.11 Å². The van der Waals surface area contributed by atoms with Crippen LogP contribution in [-0.2, 0) is 4.79 Å². The topological polar surface area (TPSA) is 40.5 Å². The first-order valence-electron chi connectivity index (χ1n) is 4.37. The summed E-state index contributed by atoms with van der Waals surface area (Å²) in [6, 6.07) is 0. The molecule has 0 aromatic rings. The maximum Gasteiger partial charge on any atom is 0.330 e. The standard InChI is InChI=1S/C8H11F2NO2/c9-8(10)3-5-11-4-1-2-7(8,11)6(12)13/h1-5H2,(H,12,13). The maximum atomic E-state index is 13.4. The lowest BCUT2D eigenvalue weighted by Gasteiger charge is -2.31. The highest BCUT2D eigenvalue weighted by atomic mass is 19.3. The summed E-state index contributed by atoms with van der Waals surface area (Å²) in [4.78, 5) is 12.3. The third-order valence-corrected chi connectivity index (χ3v) is 3.16. The zero-order valence-corrected chi connectivity index (χ0v) is 7.09. The van der Waals surface area contributed by atoms with Gasteiger partial charge in [0.25, 0.3) is 5.92 Å². The Bertz CT molecular complexity index is 257. The fraction of sp³-hybridized carbons (Fsp3) is 0.875. The lowest BCUT2D eigenvalue weighted by Crippen LogP contribution is -2.56. The van der Waals surface area contributed by atoms with E-state index in [-0.39, 0.29) is 19.4 Å². The molecule has 0 aliphatic carbocycles. The van der Waals surface area contributed by atoms with Gasteiger partial charge in [-0.05, 0) is 19.4 Å². The molecule has 13 heavy (non-hydrogen) atoms. The number of halogens is 2. The van der Waals surface area contributed by atoms with Gasteiger partial charge in [-0.2, -0.15) is 0 Å². The highest BCUT2D eigenvalue weighted by Crippen LogP contribution is 2.49. The van der Waals surface area contributed by atoms with Gasteiger partial charge in [0.1, 0.15) is 0 Å². The largest absolute Gasteiger partial charge is 0.480 e. The lowest BCUT2D eigenvalue weighted by atomic mass is 9.90. The molecule has 2 aliphatic heterocycles. The van der Waals surface area contributed by atoms with Crippen molar-refractivity contribution >= 4 is 5.97 Å². The normalized spacial score (nSPS) is 37.7. The Morgan fingerprint density at radius 2 is 2.00 bits per heavy atom. The van der Waals surface area contributed by atoms with Crippen LogP contribution in [0.3, 0.4) is 0 Å². The van der Waals surface area contributed by atoms with Crippen LogP contribution in [0.5, 0.6) is 0 Å². The molecule has 2 rings (SSSR count). The highest BCUT2D eigenvalue weighted by molar-refractivity contribution is 5.81. The van der Waals surface area contributed by atoms with Crippen LogP contribution in [-0.4, -0.2) is 40.5 Å². The smallest absolute Gasteiger partial charge is 0.330 e. The fourth-order valence-electron chi connectivity index (χ4n) is 2.47. The van der Waals surface area contributed by atoms with Crippen molar-refractivity contribution in [2.24, 2.45) is 0 Å². The number of hydrogen-bond donors (Lipinski definition) is 1. The first-order chi connectivity index (χ1) is 6.01. The molecular formula is C8H11F2NO2. The number of alkyl halides is 2. The molecule has 0 radical (unpaired) electrons. The second-order valence-corrected chi connectivity index (χ2v) is 3.71. The molecule has 2 saturated heterocycles. The molecule has 74 valence electrons. The Morgan fingerprint density at radius 1 is 1.31 bits per heavy atom. The monoisotopic (exact) mass is 191 g/mol. The van der Waals surface area contributed by atoms with Crippen molar-refractivity contribution in [1.29, 1.82) is 0 Å². The van der Waals surface area contributed by atoms with Gasteiger partial charge in [0.05, 0.1) is 0 Å². The van der Waals surface area contributed by atoms with E-state index in [1.165, 1.54) is 4.90 Å². The quantitative estimate of drug-likeness (QED) is 0.670. The van der Waals surface area contributed by atoms with Gasteiger partial charge >= 0.3 is 5.97 Å². The molecule has 0 bridgehead atoms. The second kappa shape index (κ2) is 2.41. The van der Waals surface area contributed by atoms with Gasteiger partial charge in [0.15, 0.2) is 5.54 Å². The Labute approximate surface area is 74.3 Å². The summed E-state index contributed by atoms with van der Waals surface area (Å²) in [6.45, 7) is 0.696. The Hall–Kier alpha value is -0.710. The van der Waals surface area contributed by atoms with Crippen LogP contribution in [0.2, 0.25) is 0 Å². The maximum absolute atomic E-state index is 13.4. The summed E-state index contributed by atoms with van der Waals surface area (Å²) in [7, 11) is 0. The van der Waals surface area contributed by atoms with E-state index < -0.39 is 17.4 Å². The van der Waals surface area contributed by atoms with Crippen molar-refractivity contribution in [3.63, 3.8) is 0 Å². The molecule has 0 aromatic heterocycles. The molecule has 2 aliphatic rings. The van der Waals surface area contributed by atoms with Gasteiger partial charge < -0.3 is 5.11 Å². The van der Waals surface area contributed by atoms with E-state index in [1.54, 1.807) is 0 Å². The van der Waals surface area contributed by atoms with E-state index in [9.17, 15) is 13.6 Å². The van der Waals surface area contributed by atoms with Crippen LogP contribution in [0, 0.1) is 0 Å². The average molecular weight is 191 g/mol. The van der Waals surface area contributed by atoms with Crippen molar-refractivity contribution in [2.75, 3.05) is 13.1 Å². The highest BCUT2D eigenvalue weighted by Gasteiger charge is 2.68. The van der Waals surface area contributed by atoms with Gasteiger partial charge in [0, 0.05) is 13.0 Å². The molecule has 2 heterocycles. The zero-order valence-electron chi connectivity index (χ0n) is 7.09. The van der Waals surface area contributed by atoms with Crippen molar-refractivity contribution in [3.8, 4) is 0 Å². The minimum Gasteiger partial charge on any atom is -0.480 e. The van der Waals surface area contributed by atoms with E-state index in [2.05, 4.69) is 0 Å². The Morgan fingerprint density at radius 3 is 2.54 bits per heavy atom. The predicted octanol–water partition coefficient (Wildman–Crippen LogP) is 0.945. The molecule has 0 aromatic carbocycles. The molecule has 3 nitrogen and oxygen atoms in total. The summed E-state index contributed by atoms with van der Waals surface area (Å²) in [5.41, 5.74) is -1.88. The van der Waals surface area contributed by atoms with Crippen molar-refractivity contribution < 1.29 is 18.7 Å². The molecular weight excluding hydrogens is 180 g/mol. The van der Waals surface area contributed by atoms with Crippen LogP contribution in [0.1, 0.15) is 19.3 Å². The predicted molar refractivity (Wildman–Crippen MR) is 40.7 cm³/mol. The lowest BCUT2D eigenvalue weighted by molar-refractivity contribution is -0.167. The van der Waals surface area contributed by atoms with Crippen molar-refractivity contribution in [1.82, 2.24) is 4.90 Å². The molecule has 1 N–H and O–H groups in total. The number of hydrogen-bond acceptors (Lipinski definition) is 2. The molecule has 2 fully saturated rings. The number of nitrogens with zero attached hydrogens (tertiary/aromatic N) is 1. The summed E-state index contributed by atoms with van der Waals surface area (Å²) < 4.78 is 26.8. The Kier molecular flexibility index (Phi) is 1.64. The minimum absolute atomic E-state index is 0.0787. The zero-order chi connectivity index (χ0) is 9.69. The number of carboxylic acids is 1. The molecule has 0 spiro atoms. The van der Waals surface area contributed by atoms with Crippen LogP contribution in [0.4, 0.5) is 8.78 Å². The van der Waals surface area contributed by atoms with Gasteiger partial charge in [0.2, 0.25) is 0 Å². The Balaban J connectivity index is 2.43. The molecule has 0 amide bonds. The van der Waals surface area contributed by atoms with E-state index in [1.807, 2.05) is 0 Å². The van der Waals surface area contributed by atoms with Crippen molar-refractivity contribution in [3.05, 3.63) is 0 Å². The number of rotatable bonds is 1. The number of carbonyl (C=O) groups is 1.